The first-order valence-electron chi connectivity index (χ1n) is 11.0. The maximum Gasteiger partial charge on any atom is 0.399 e. The Hall–Kier alpha value is -2.38. The number of benzene rings is 3. The Labute approximate surface area is 236 Å². The van der Waals surface area contributed by atoms with Crippen LogP contribution in [0.4, 0.5) is 8.78 Å². The molecule has 0 radical (unpaired) electrons. The molecular weight excluding hydrogens is 647 g/mol. The highest BCUT2D eigenvalue weighted by Gasteiger charge is 2.51. The Kier molecular flexibility index (Phi) is 9.59. The summed E-state index contributed by atoms with van der Waals surface area (Å²) >= 11 is 8.87. The van der Waals surface area contributed by atoms with Crippen LogP contribution in [0.1, 0.15) is 28.7 Å². The molecule has 3 rings (SSSR count). The summed E-state index contributed by atoms with van der Waals surface area (Å²) in [4.78, 5) is 28.8. The van der Waals surface area contributed by atoms with E-state index in [9.17, 15) is 31.7 Å². The fraction of sp³-hybridized carbons (Fsp3) is 0.208. The predicted octanol–water partition coefficient (Wildman–Crippen LogP) is 5.44. The third-order valence-electron chi connectivity index (χ3n) is 5.64. The first-order valence-corrected chi connectivity index (χ1v) is 15.3. The van der Waals surface area contributed by atoms with Crippen LogP contribution in [0, 0.1) is 0 Å². The third-order valence-corrected chi connectivity index (χ3v) is 9.38. The third kappa shape index (κ3) is 7.43. The standard InChI is InChI=1S/C24H22BrClF2NO8PS/c25-20-11-16(3-8-19(20)24(27,28)38(33,34)35)13-29(14-17-4-9-22(30)21(26)12-17)39(36,37)18-6-1-15(2-7-18)5-10-23(31)32/h1-4,6-9,11-12,30H,5,10,13-14H2,(H,31,32)(H2,33,34,35). The molecule has 0 heterocycles. The number of aromatic hydroxyl groups is 1. The van der Waals surface area contributed by atoms with E-state index in [-0.39, 0.29) is 51.6 Å². The minimum Gasteiger partial charge on any atom is -0.506 e. The molecule has 3 aromatic carbocycles. The molecule has 39 heavy (non-hydrogen) atoms. The van der Waals surface area contributed by atoms with Gasteiger partial charge in [0.1, 0.15) is 5.75 Å². The zero-order valence-corrected chi connectivity index (χ0v) is 23.9. The molecule has 3 aromatic rings. The number of sulfonamides is 1. The van der Waals surface area contributed by atoms with Gasteiger partial charge in [-0.15, -0.1) is 0 Å². The fourth-order valence-electron chi connectivity index (χ4n) is 3.57. The number of phenols is 1. The second-order valence-electron chi connectivity index (χ2n) is 8.50. The van der Waals surface area contributed by atoms with E-state index in [1.807, 2.05) is 0 Å². The van der Waals surface area contributed by atoms with Gasteiger partial charge in [-0.2, -0.15) is 13.1 Å². The van der Waals surface area contributed by atoms with E-state index in [0.29, 0.717) is 11.1 Å². The molecule has 0 bridgehead atoms. The van der Waals surface area contributed by atoms with Crippen LogP contribution in [-0.4, -0.2) is 38.7 Å². The van der Waals surface area contributed by atoms with Crippen molar-refractivity contribution in [1.82, 2.24) is 4.31 Å². The van der Waals surface area contributed by atoms with Crippen LogP contribution in [0.3, 0.4) is 0 Å². The lowest BCUT2D eigenvalue weighted by Gasteiger charge is -2.24. The molecule has 0 spiro atoms. The van der Waals surface area contributed by atoms with Crippen molar-refractivity contribution in [2.45, 2.75) is 36.5 Å². The van der Waals surface area contributed by atoms with Crippen LogP contribution in [0.15, 0.2) is 70.0 Å². The molecule has 0 unspecified atom stereocenters. The summed E-state index contributed by atoms with van der Waals surface area (Å²) < 4.78 is 67.7. The highest BCUT2D eigenvalue weighted by atomic mass is 79.9. The maximum atomic E-state index is 14.3. The Morgan fingerprint density at radius 2 is 1.51 bits per heavy atom. The summed E-state index contributed by atoms with van der Waals surface area (Å²) in [6.07, 6.45) is 0.0662. The Morgan fingerprint density at radius 3 is 2.03 bits per heavy atom. The minimum absolute atomic E-state index is 0.0144. The number of hydrogen-bond donors (Lipinski definition) is 4. The van der Waals surface area contributed by atoms with E-state index in [1.165, 1.54) is 42.5 Å². The summed E-state index contributed by atoms with van der Waals surface area (Å²) in [5, 5.41) is 18.6. The number of halogens is 4. The zero-order chi connectivity index (χ0) is 29.2. The average Bonchev–Trinajstić information content (AvgIpc) is 2.84. The fourth-order valence-corrected chi connectivity index (χ4v) is 6.52. The van der Waals surface area contributed by atoms with Gasteiger partial charge in [0.05, 0.1) is 9.92 Å². The van der Waals surface area contributed by atoms with Gasteiger partial charge in [0.25, 0.3) is 0 Å². The normalized spacial score (nSPS) is 12.6. The number of carboxylic acids is 1. The number of aryl methyl sites for hydroxylation is 1. The van der Waals surface area contributed by atoms with Crippen molar-refractivity contribution in [3.63, 3.8) is 0 Å². The van der Waals surface area contributed by atoms with Crippen molar-refractivity contribution in [3.8, 4) is 5.75 Å². The van der Waals surface area contributed by atoms with Crippen LogP contribution >= 0.6 is 35.1 Å². The predicted molar refractivity (Wildman–Crippen MR) is 142 cm³/mol. The number of aliphatic carboxylic acids is 1. The highest BCUT2D eigenvalue weighted by molar-refractivity contribution is 9.10. The lowest BCUT2D eigenvalue weighted by atomic mass is 10.1. The Bertz CT molecular complexity index is 1530. The van der Waals surface area contributed by atoms with Crippen LogP contribution < -0.4 is 0 Å². The smallest absolute Gasteiger partial charge is 0.399 e. The van der Waals surface area contributed by atoms with E-state index in [1.54, 1.807) is 0 Å². The van der Waals surface area contributed by atoms with Crippen molar-refractivity contribution >= 4 is 51.1 Å². The molecule has 0 aliphatic carbocycles. The SMILES string of the molecule is O=C(O)CCc1ccc(S(=O)(=O)N(Cc2ccc(O)c(Cl)c2)Cc2ccc(C(F)(F)P(=O)(O)O)c(Br)c2)cc1. The summed E-state index contributed by atoms with van der Waals surface area (Å²) in [5.41, 5.74) is -4.20. The Balaban J connectivity index is 1.99. The number of carbonyl (C=O) groups is 1. The quantitative estimate of drug-likeness (QED) is 0.197. The number of carboxylic acid groups (broad SMARTS) is 1. The second kappa shape index (κ2) is 12.0. The molecule has 0 amide bonds. The average molecular weight is 669 g/mol. The molecule has 0 saturated heterocycles. The van der Waals surface area contributed by atoms with Gasteiger partial charge in [-0.3, -0.25) is 9.36 Å². The number of phenolic OH excluding ortho intramolecular Hbond substituents is 1. The van der Waals surface area contributed by atoms with Gasteiger partial charge in [-0.25, -0.2) is 8.42 Å². The molecule has 0 aromatic heterocycles. The van der Waals surface area contributed by atoms with Crippen LogP contribution in [-0.2, 0) is 44.6 Å². The van der Waals surface area contributed by atoms with Crippen LogP contribution in [0.2, 0.25) is 5.02 Å². The van der Waals surface area contributed by atoms with E-state index in [0.717, 1.165) is 22.5 Å². The van der Waals surface area contributed by atoms with Crippen LogP contribution in [0.25, 0.3) is 0 Å². The van der Waals surface area contributed by atoms with E-state index in [4.69, 9.17) is 26.5 Å². The largest absolute Gasteiger partial charge is 0.506 e. The lowest BCUT2D eigenvalue weighted by Crippen LogP contribution is -2.30. The molecule has 210 valence electrons. The first-order chi connectivity index (χ1) is 18.0. The van der Waals surface area contributed by atoms with Crippen molar-refractivity contribution < 1.29 is 46.6 Å². The number of alkyl halides is 2. The van der Waals surface area contributed by atoms with Crippen LogP contribution in [0.5, 0.6) is 5.75 Å². The van der Waals surface area contributed by atoms with Gasteiger partial charge < -0.3 is 20.0 Å². The molecular formula is C24H22BrClF2NO8PS. The number of nitrogens with zero attached hydrogens (tertiary/aromatic N) is 1. The van der Waals surface area contributed by atoms with Crippen molar-refractivity contribution in [1.29, 1.82) is 0 Å². The minimum atomic E-state index is -5.83. The van der Waals surface area contributed by atoms with Gasteiger partial charge in [0.2, 0.25) is 10.0 Å². The zero-order valence-electron chi connectivity index (χ0n) is 19.8. The number of rotatable bonds is 11. The molecule has 15 heteroatoms. The summed E-state index contributed by atoms with van der Waals surface area (Å²) in [5.74, 6) is -1.21. The topological polar surface area (TPSA) is 152 Å². The monoisotopic (exact) mass is 667 g/mol. The second-order valence-corrected chi connectivity index (χ2v) is 13.3. The van der Waals surface area contributed by atoms with Gasteiger partial charge in [0, 0.05) is 29.5 Å². The van der Waals surface area contributed by atoms with E-state index in [2.05, 4.69) is 15.9 Å². The van der Waals surface area contributed by atoms with Gasteiger partial charge in [0.15, 0.2) is 0 Å². The lowest BCUT2D eigenvalue weighted by molar-refractivity contribution is -0.136. The van der Waals surface area contributed by atoms with Gasteiger partial charge in [-0.05, 0) is 53.4 Å². The van der Waals surface area contributed by atoms with Gasteiger partial charge in [-0.1, -0.05) is 57.9 Å². The molecule has 9 nitrogen and oxygen atoms in total. The summed E-state index contributed by atoms with van der Waals surface area (Å²) in [6.45, 7) is -0.566. The summed E-state index contributed by atoms with van der Waals surface area (Å²) in [7, 11) is -10.1. The maximum absolute atomic E-state index is 14.3. The Morgan fingerprint density at radius 1 is 0.974 bits per heavy atom. The van der Waals surface area contributed by atoms with E-state index >= 15 is 0 Å². The molecule has 0 atom stereocenters. The van der Waals surface area contributed by atoms with E-state index < -0.39 is 34.8 Å². The van der Waals surface area contributed by atoms with Gasteiger partial charge >= 0.3 is 19.2 Å². The van der Waals surface area contributed by atoms with Crippen molar-refractivity contribution in [2.24, 2.45) is 0 Å². The van der Waals surface area contributed by atoms with Crippen molar-refractivity contribution in [2.75, 3.05) is 0 Å². The molecule has 0 saturated carbocycles. The molecule has 0 aliphatic rings. The highest BCUT2D eigenvalue weighted by Crippen LogP contribution is 2.60. The summed E-state index contributed by atoms with van der Waals surface area (Å²) in [6, 6.07) is 12.8. The molecule has 0 aliphatic heterocycles. The molecule has 0 fully saturated rings. The first kappa shape index (κ1) is 31.2. The van der Waals surface area contributed by atoms with Crippen molar-refractivity contribution in [3.05, 3.63) is 92.4 Å². The number of hydrogen-bond acceptors (Lipinski definition) is 5. The molecule has 4 N–H and O–H groups in total.